The van der Waals surface area contributed by atoms with E-state index in [1.807, 2.05) is 0 Å². The Kier molecular flexibility index (Phi) is 3.46. The molecule has 0 fully saturated rings. The van der Waals surface area contributed by atoms with Gasteiger partial charge in [-0.05, 0) is 35.7 Å². The predicted molar refractivity (Wildman–Crippen MR) is 65.1 cm³/mol. The number of anilines is 1. The van der Waals surface area contributed by atoms with Crippen LogP contribution in [0.25, 0.3) is 0 Å². The molecule has 0 unspecified atom stereocenters. The van der Waals surface area contributed by atoms with E-state index in [-0.39, 0.29) is 6.42 Å². The number of hydrogen-bond donors (Lipinski definition) is 1. The highest BCUT2D eigenvalue weighted by atomic mass is 19.4. The number of benzene rings is 2. The fourth-order valence-corrected chi connectivity index (χ4v) is 1.81. The molecule has 0 atom stereocenters. The molecule has 0 amide bonds. The lowest BCUT2D eigenvalue weighted by Crippen LogP contribution is -2.09. The Balaban J connectivity index is 2.35. The van der Waals surface area contributed by atoms with Gasteiger partial charge in [0.05, 0.1) is 5.56 Å². The molecule has 2 aromatic carbocycles. The highest BCUT2D eigenvalue weighted by Crippen LogP contribution is 2.32. The minimum Gasteiger partial charge on any atom is -0.398 e. The molecule has 0 saturated heterocycles. The molecule has 0 radical (unpaired) electrons. The summed E-state index contributed by atoms with van der Waals surface area (Å²) < 4.78 is 50.9. The molecule has 0 spiro atoms. The van der Waals surface area contributed by atoms with E-state index in [9.17, 15) is 17.6 Å². The van der Waals surface area contributed by atoms with Crippen LogP contribution in [0.4, 0.5) is 23.2 Å². The van der Waals surface area contributed by atoms with Crippen LogP contribution < -0.4 is 5.73 Å². The average molecular weight is 269 g/mol. The first-order valence-corrected chi connectivity index (χ1v) is 5.57. The summed E-state index contributed by atoms with van der Waals surface area (Å²) in [5, 5.41) is 0. The van der Waals surface area contributed by atoms with Crippen molar-refractivity contribution >= 4 is 5.69 Å². The molecule has 0 saturated carbocycles. The Morgan fingerprint density at radius 2 is 1.68 bits per heavy atom. The van der Waals surface area contributed by atoms with Gasteiger partial charge in [-0.1, -0.05) is 24.3 Å². The van der Waals surface area contributed by atoms with Gasteiger partial charge in [0.2, 0.25) is 0 Å². The number of hydrogen-bond acceptors (Lipinski definition) is 1. The van der Waals surface area contributed by atoms with E-state index in [4.69, 9.17) is 5.73 Å². The predicted octanol–water partition coefficient (Wildman–Crippen LogP) is 4.02. The Morgan fingerprint density at radius 3 is 2.32 bits per heavy atom. The molecule has 100 valence electrons. The van der Waals surface area contributed by atoms with Crippen molar-refractivity contribution in [1.82, 2.24) is 0 Å². The average Bonchev–Trinajstić information content (AvgIpc) is 2.33. The fourth-order valence-electron chi connectivity index (χ4n) is 1.81. The SMILES string of the molecule is Nc1ccccc1Cc1ccc(F)c(C(F)(F)F)c1. The zero-order valence-corrected chi connectivity index (χ0v) is 9.84. The van der Waals surface area contributed by atoms with Crippen LogP contribution in [0.1, 0.15) is 16.7 Å². The molecule has 0 aromatic heterocycles. The molecule has 0 aliphatic heterocycles. The lowest BCUT2D eigenvalue weighted by atomic mass is 10.0. The second-order valence-electron chi connectivity index (χ2n) is 4.19. The molecule has 1 nitrogen and oxygen atoms in total. The normalized spacial score (nSPS) is 11.6. The standard InChI is InChI=1S/C14H11F4N/c15-12-6-5-9(8-11(12)14(16,17)18)7-10-3-1-2-4-13(10)19/h1-6,8H,7,19H2. The Morgan fingerprint density at radius 1 is 1.00 bits per heavy atom. The number of alkyl halides is 3. The zero-order chi connectivity index (χ0) is 14.0. The summed E-state index contributed by atoms with van der Waals surface area (Å²) >= 11 is 0. The molecular formula is C14H11F4N. The van der Waals surface area contributed by atoms with Crippen molar-refractivity contribution in [1.29, 1.82) is 0 Å². The second kappa shape index (κ2) is 4.91. The van der Waals surface area contributed by atoms with Crippen molar-refractivity contribution in [2.45, 2.75) is 12.6 Å². The molecular weight excluding hydrogens is 258 g/mol. The van der Waals surface area contributed by atoms with Gasteiger partial charge in [-0.15, -0.1) is 0 Å². The van der Waals surface area contributed by atoms with E-state index in [0.717, 1.165) is 12.1 Å². The molecule has 0 heterocycles. The first-order chi connectivity index (χ1) is 8.88. The Bertz CT molecular complexity index is 590. The third kappa shape index (κ3) is 3.05. The topological polar surface area (TPSA) is 26.0 Å². The lowest BCUT2D eigenvalue weighted by molar-refractivity contribution is -0.140. The minimum absolute atomic E-state index is 0.232. The van der Waals surface area contributed by atoms with Crippen LogP contribution in [0.2, 0.25) is 0 Å². The highest BCUT2D eigenvalue weighted by molar-refractivity contribution is 5.48. The Labute approximate surface area is 107 Å². The van der Waals surface area contributed by atoms with Gasteiger partial charge in [0.1, 0.15) is 5.82 Å². The third-order valence-corrected chi connectivity index (χ3v) is 2.79. The van der Waals surface area contributed by atoms with Gasteiger partial charge >= 0.3 is 6.18 Å². The zero-order valence-electron chi connectivity index (χ0n) is 9.84. The van der Waals surface area contributed by atoms with E-state index in [1.165, 1.54) is 6.07 Å². The van der Waals surface area contributed by atoms with Crippen LogP contribution in [-0.4, -0.2) is 0 Å². The van der Waals surface area contributed by atoms with Crippen LogP contribution >= 0.6 is 0 Å². The molecule has 5 heteroatoms. The van der Waals surface area contributed by atoms with Gasteiger partial charge in [-0.25, -0.2) is 4.39 Å². The van der Waals surface area contributed by atoms with Gasteiger partial charge in [0.15, 0.2) is 0 Å². The molecule has 0 bridgehead atoms. The van der Waals surface area contributed by atoms with E-state index < -0.39 is 17.6 Å². The number of para-hydroxylation sites is 1. The molecule has 2 rings (SSSR count). The van der Waals surface area contributed by atoms with Crippen molar-refractivity contribution < 1.29 is 17.6 Å². The molecule has 19 heavy (non-hydrogen) atoms. The van der Waals surface area contributed by atoms with Crippen molar-refractivity contribution in [2.75, 3.05) is 5.73 Å². The maximum Gasteiger partial charge on any atom is 0.419 e. The summed E-state index contributed by atoms with van der Waals surface area (Å²) in [6, 6.07) is 9.87. The summed E-state index contributed by atoms with van der Waals surface area (Å²) in [6.07, 6.45) is -4.46. The second-order valence-corrected chi connectivity index (χ2v) is 4.19. The number of nitrogens with two attached hydrogens (primary N) is 1. The molecule has 2 aromatic rings. The first-order valence-electron chi connectivity index (χ1n) is 5.57. The molecule has 0 aliphatic rings. The van der Waals surface area contributed by atoms with Gasteiger partial charge in [-0.2, -0.15) is 13.2 Å². The number of nitrogen functional groups attached to an aromatic ring is 1. The fraction of sp³-hybridized carbons (Fsp3) is 0.143. The summed E-state index contributed by atoms with van der Waals surface area (Å²) in [4.78, 5) is 0. The van der Waals surface area contributed by atoms with Crippen molar-refractivity contribution in [3.8, 4) is 0 Å². The number of halogens is 4. The molecule has 2 N–H and O–H groups in total. The largest absolute Gasteiger partial charge is 0.419 e. The smallest absolute Gasteiger partial charge is 0.398 e. The van der Waals surface area contributed by atoms with Crippen LogP contribution in [0.3, 0.4) is 0 Å². The third-order valence-electron chi connectivity index (χ3n) is 2.79. The minimum atomic E-state index is -4.69. The number of rotatable bonds is 2. The van der Waals surface area contributed by atoms with Gasteiger partial charge in [0, 0.05) is 5.69 Å². The van der Waals surface area contributed by atoms with E-state index in [1.54, 1.807) is 24.3 Å². The van der Waals surface area contributed by atoms with Crippen LogP contribution in [0.15, 0.2) is 42.5 Å². The van der Waals surface area contributed by atoms with Crippen molar-refractivity contribution in [2.24, 2.45) is 0 Å². The van der Waals surface area contributed by atoms with Crippen LogP contribution in [0, 0.1) is 5.82 Å². The Hall–Kier alpha value is -2.04. The highest BCUT2D eigenvalue weighted by Gasteiger charge is 2.34. The van der Waals surface area contributed by atoms with Crippen LogP contribution in [-0.2, 0) is 12.6 Å². The van der Waals surface area contributed by atoms with Crippen LogP contribution in [0.5, 0.6) is 0 Å². The van der Waals surface area contributed by atoms with Gasteiger partial charge in [0.25, 0.3) is 0 Å². The summed E-state index contributed by atoms with van der Waals surface area (Å²) in [5.41, 5.74) is 6.05. The van der Waals surface area contributed by atoms with Crippen molar-refractivity contribution in [3.05, 3.63) is 65.0 Å². The first kappa shape index (κ1) is 13.4. The quantitative estimate of drug-likeness (QED) is 0.646. The van der Waals surface area contributed by atoms with Crippen molar-refractivity contribution in [3.63, 3.8) is 0 Å². The van der Waals surface area contributed by atoms with Gasteiger partial charge in [-0.3, -0.25) is 0 Å². The van der Waals surface area contributed by atoms with E-state index in [0.29, 0.717) is 16.8 Å². The summed E-state index contributed by atoms with van der Waals surface area (Å²) in [7, 11) is 0. The van der Waals surface area contributed by atoms with E-state index >= 15 is 0 Å². The van der Waals surface area contributed by atoms with Gasteiger partial charge < -0.3 is 5.73 Å². The molecule has 0 aliphatic carbocycles. The lowest BCUT2D eigenvalue weighted by Gasteiger charge is -2.11. The maximum atomic E-state index is 13.1. The summed E-state index contributed by atoms with van der Waals surface area (Å²) in [6.45, 7) is 0. The summed E-state index contributed by atoms with van der Waals surface area (Å²) in [5.74, 6) is -1.27. The van der Waals surface area contributed by atoms with E-state index in [2.05, 4.69) is 0 Å². The maximum absolute atomic E-state index is 13.1. The monoisotopic (exact) mass is 269 g/mol.